The first-order chi connectivity index (χ1) is 17.9. The molecule has 1 heterocycles. The number of thioether (sulfide) groups is 1. The number of hydrazone groups is 1. The quantitative estimate of drug-likeness (QED) is 0.154. The molecule has 0 spiro atoms. The standard InChI is InChI=1S/C28H28N4O3S2/c1-18-12-20(3)23(13-19(18)2)16-35-24-11-10-21(14-25(24)34-4)15-29-30-26(33)17-36-28-32-31-27(37-28)22-8-6-5-7-9-22/h5-15H,16-17H2,1-4H3,(H,30,33). The fourth-order valence-corrected chi connectivity index (χ4v) is 5.17. The maximum absolute atomic E-state index is 12.2. The van der Waals surface area contributed by atoms with Crippen LogP contribution >= 0.6 is 23.1 Å². The zero-order valence-electron chi connectivity index (χ0n) is 21.1. The summed E-state index contributed by atoms with van der Waals surface area (Å²) in [5.41, 5.74) is 9.18. The second-order valence-corrected chi connectivity index (χ2v) is 10.6. The Kier molecular flexibility index (Phi) is 8.92. The molecule has 4 aromatic rings. The van der Waals surface area contributed by atoms with Gasteiger partial charge < -0.3 is 9.47 Å². The molecule has 4 rings (SSSR count). The SMILES string of the molecule is COc1cc(C=NNC(=O)CSc2nnc(-c3ccccc3)s2)ccc1OCc1cc(C)c(C)cc1C. The van der Waals surface area contributed by atoms with Gasteiger partial charge in [0.25, 0.3) is 5.91 Å². The van der Waals surface area contributed by atoms with Crippen molar-refractivity contribution < 1.29 is 14.3 Å². The van der Waals surface area contributed by atoms with Gasteiger partial charge in [-0.1, -0.05) is 65.6 Å². The molecule has 0 atom stereocenters. The van der Waals surface area contributed by atoms with Crippen LogP contribution in [0.1, 0.15) is 27.8 Å². The Morgan fingerprint density at radius 2 is 1.78 bits per heavy atom. The van der Waals surface area contributed by atoms with Crippen molar-refractivity contribution in [3.8, 4) is 22.1 Å². The summed E-state index contributed by atoms with van der Waals surface area (Å²) in [5.74, 6) is 1.20. The molecular weight excluding hydrogens is 504 g/mol. The van der Waals surface area contributed by atoms with Gasteiger partial charge in [-0.15, -0.1) is 10.2 Å². The van der Waals surface area contributed by atoms with Crippen LogP contribution in [0.5, 0.6) is 11.5 Å². The number of nitrogens with zero attached hydrogens (tertiary/aromatic N) is 3. The summed E-state index contributed by atoms with van der Waals surface area (Å²) in [6.07, 6.45) is 1.57. The van der Waals surface area contributed by atoms with Gasteiger partial charge in [0.15, 0.2) is 15.8 Å². The largest absolute Gasteiger partial charge is 0.493 e. The highest BCUT2D eigenvalue weighted by Gasteiger charge is 2.10. The highest BCUT2D eigenvalue weighted by atomic mass is 32.2. The number of methoxy groups -OCH3 is 1. The second kappa shape index (κ2) is 12.5. The molecule has 7 nitrogen and oxygen atoms in total. The molecule has 190 valence electrons. The summed E-state index contributed by atoms with van der Waals surface area (Å²) < 4.78 is 12.3. The second-order valence-electron chi connectivity index (χ2n) is 8.38. The smallest absolute Gasteiger partial charge is 0.250 e. The number of carbonyl (C=O) groups is 1. The van der Waals surface area contributed by atoms with Gasteiger partial charge in [-0.25, -0.2) is 5.43 Å². The van der Waals surface area contributed by atoms with E-state index in [0.29, 0.717) is 18.1 Å². The summed E-state index contributed by atoms with van der Waals surface area (Å²) in [4.78, 5) is 12.2. The minimum absolute atomic E-state index is 0.189. The summed E-state index contributed by atoms with van der Waals surface area (Å²) in [7, 11) is 1.60. The summed E-state index contributed by atoms with van der Waals surface area (Å²) >= 11 is 2.78. The molecule has 0 aliphatic carbocycles. The van der Waals surface area contributed by atoms with Gasteiger partial charge in [-0.2, -0.15) is 5.10 Å². The number of amides is 1. The van der Waals surface area contributed by atoms with E-state index in [2.05, 4.69) is 53.6 Å². The van der Waals surface area contributed by atoms with Crippen molar-refractivity contribution in [2.24, 2.45) is 5.10 Å². The van der Waals surface area contributed by atoms with Gasteiger partial charge in [0.2, 0.25) is 0 Å². The summed E-state index contributed by atoms with van der Waals surface area (Å²) in [5, 5.41) is 13.2. The fraction of sp³-hybridized carbons (Fsp3) is 0.214. The molecule has 0 unspecified atom stereocenters. The topological polar surface area (TPSA) is 85.7 Å². The number of rotatable bonds is 10. The van der Waals surface area contributed by atoms with Crippen molar-refractivity contribution in [3.63, 3.8) is 0 Å². The van der Waals surface area contributed by atoms with E-state index < -0.39 is 0 Å². The Morgan fingerprint density at radius 1 is 1.00 bits per heavy atom. The van der Waals surface area contributed by atoms with E-state index in [1.54, 1.807) is 13.3 Å². The van der Waals surface area contributed by atoms with Crippen LogP contribution in [-0.2, 0) is 11.4 Å². The third-order valence-corrected chi connectivity index (χ3v) is 7.79. The lowest BCUT2D eigenvalue weighted by molar-refractivity contribution is -0.118. The first-order valence-corrected chi connectivity index (χ1v) is 13.4. The zero-order valence-corrected chi connectivity index (χ0v) is 22.8. The number of nitrogens with one attached hydrogen (secondary N) is 1. The molecule has 0 radical (unpaired) electrons. The van der Waals surface area contributed by atoms with Gasteiger partial charge in [0.05, 0.1) is 19.1 Å². The molecule has 0 fully saturated rings. The Hall–Kier alpha value is -3.69. The van der Waals surface area contributed by atoms with Crippen molar-refractivity contribution in [2.75, 3.05) is 12.9 Å². The highest BCUT2D eigenvalue weighted by Crippen LogP contribution is 2.30. The number of aromatic nitrogens is 2. The van der Waals surface area contributed by atoms with Crippen LogP contribution in [0.2, 0.25) is 0 Å². The zero-order chi connectivity index (χ0) is 26.2. The van der Waals surface area contributed by atoms with Crippen molar-refractivity contribution in [3.05, 3.63) is 88.5 Å². The molecule has 0 aliphatic heterocycles. The lowest BCUT2D eigenvalue weighted by atomic mass is 10.0. The van der Waals surface area contributed by atoms with Crippen molar-refractivity contribution in [2.45, 2.75) is 31.7 Å². The highest BCUT2D eigenvalue weighted by molar-refractivity contribution is 8.01. The van der Waals surface area contributed by atoms with Crippen LogP contribution in [0, 0.1) is 20.8 Å². The monoisotopic (exact) mass is 532 g/mol. The average molecular weight is 533 g/mol. The lowest BCUT2D eigenvalue weighted by Crippen LogP contribution is -2.19. The minimum atomic E-state index is -0.228. The van der Waals surface area contributed by atoms with E-state index >= 15 is 0 Å². The third kappa shape index (κ3) is 7.18. The Morgan fingerprint density at radius 3 is 2.57 bits per heavy atom. The summed E-state index contributed by atoms with van der Waals surface area (Å²) in [6.45, 7) is 6.75. The first-order valence-electron chi connectivity index (χ1n) is 11.6. The predicted molar refractivity (Wildman–Crippen MR) is 150 cm³/mol. The molecule has 1 aromatic heterocycles. The van der Waals surface area contributed by atoms with Crippen LogP contribution in [0.3, 0.4) is 0 Å². The van der Waals surface area contributed by atoms with E-state index in [1.807, 2.05) is 48.5 Å². The van der Waals surface area contributed by atoms with E-state index in [0.717, 1.165) is 26.0 Å². The number of ether oxygens (including phenoxy) is 2. The number of hydrogen-bond acceptors (Lipinski definition) is 8. The fourth-order valence-electron chi connectivity index (χ4n) is 3.52. The molecule has 0 aliphatic rings. The van der Waals surface area contributed by atoms with Gasteiger partial charge in [-0.3, -0.25) is 4.79 Å². The van der Waals surface area contributed by atoms with Crippen LogP contribution < -0.4 is 14.9 Å². The minimum Gasteiger partial charge on any atom is -0.493 e. The maximum atomic E-state index is 12.2. The third-order valence-electron chi connectivity index (χ3n) is 5.68. The van der Waals surface area contributed by atoms with Crippen LogP contribution in [0.4, 0.5) is 0 Å². The molecule has 1 N–H and O–H groups in total. The van der Waals surface area contributed by atoms with E-state index in [1.165, 1.54) is 39.8 Å². The van der Waals surface area contributed by atoms with Crippen molar-refractivity contribution in [1.29, 1.82) is 0 Å². The lowest BCUT2D eigenvalue weighted by Gasteiger charge is -2.14. The molecular formula is C28H28N4O3S2. The van der Waals surface area contributed by atoms with E-state index in [4.69, 9.17) is 9.47 Å². The Labute approximate surface area is 224 Å². The van der Waals surface area contributed by atoms with Crippen LogP contribution in [-0.4, -0.2) is 35.2 Å². The summed E-state index contributed by atoms with van der Waals surface area (Å²) in [6, 6.07) is 19.7. The number of aryl methyl sites for hydroxylation is 3. The van der Waals surface area contributed by atoms with Crippen molar-refractivity contribution >= 4 is 35.2 Å². The Bertz CT molecular complexity index is 1400. The van der Waals surface area contributed by atoms with Crippen LogP contribution in [0.15, 0.2) is 70.1 Å². The number of benzene rings is 3. The van der Waals surface area contributed by atoms with Gasteiger partial charge in [0, 0.05) is 5.56 Å². The Balaban J connectivity index is 1.29. The first kappa shape index (κ1) is 26.4. The van der Waals surface area contributed by atoms with Gasteiger partial charge >= 0.3 is 0 Å². The van der Waals surface area contributed by atoms with Crippen LogP contribution in [0.25, 0.3) is 10.6 Å². The van der Waals surface area contributed by atoms with Gasteiger partial charge in [0.1, 0.15) is 11.6 Å². The molecule has 9 heteroatoms. The maximum Gasteiger partial charge on any atom is 0.250 e. The molecule has 37 heavy (non-hydrogen) atoms. The van der Waals surface area contributed by atoms with E-state index in [-0.39, 0.29) is 11.7 Å². The van der Waals surface area contributed by atoms with Crippen molar-refractivity contribution in [1.82, 2.24) is 15.6 Å². The predicted octanol–water partition coefficient (Wildman–Crippen LogP) is 5.96. The molecule has 0 bridgehead atoms. The molecule has 1 amide bonds. The normalized spacial score (nSPS) is 11.0. The molecule has 0 saturated carbocycles. The average Bonchev–Trinajstić information content (AvgIpc) is 3.39. The number of carbonyl (C=O) groups excluding carboxylic acids is 1. The molecule has 0 saturated heterocycles. The number of hydrogen-bond donors (Lipinski definition) is 1. The van der Waals surface area contributed by atoms with Gasteiger partial charge in [-0.05, 0) is 66.8 Å². The van der Waals surface area contributed by atoms with E-state index in [9.17, 15) is 4.79 Å². The molecule has 3 aromatic carbocycles.